The van der Waals surface area contributed by atoms with Gasteiger partial charge in [-0.25, -0.2) is 0 Å². The van der Waals surface area contributed by atoms with E-state index in [0.717, 1.165) is 17.8 Å². The summed E-state index contributed by atoms with van der Waals surface area (Å²) in [6.07, 6.45) is 0. The van der Waals surface area contributed by atoms with E-state index in [9.17, 15) is 9.59 Å². The molecule has 0 aliphatic heterocycles. The molecule has 7 heteroatoms. The van der Waals surface area contributed by atoms with Crippen LogP contribution >= 0.6 is 24.2 Å². The first-order valence-electron chi connectivity index (χ1n) is 7.45. The SMILES string of the molecule is CCN[C@H](C)CNC(=O)CSCC(=O)Nc1ccc(C)cc1.Cl. The summed E-state index contributed by atoms with van der Waals surface area (Å²) in [4.78, 5) is 23.4. The van der Waals surface area contributed by atoms with Gasteiger partial charge in [-0.05, 0) is 32.5 Å². The maximum Gasteiger partial charge on any atom is 0.234 e. The highest BCUT2D eigenvalue weighted by atomic mass is 35.5. The molecule has 0 aliphatic carbocycles. The van der Waals surface area contributed by atoms with Crippen LogP contribution in [0.4, 0.5) is 5.69 Å². The van der Waals surface area contributed by atoms with E-state index >= 15 is 0 Å². The van der Waals surface area contributed by atoms with Gasteiger partial charge in [-0.1, -0.05) is 24.6 Å². The molecule has 3 N–H and O–H groups in total. The van der Waals surface area contributed by atoms with Crippen molar-refractivity contribution in [2.24, 2.45) is 0 Å². The zero-order valence-electron chi connectivity index (χ0n) is 13.8. The average molecular weight is 360 g/mol. The van der Waals surface area contributed by atoms with Crippen molar-refractivity contribution in [2.75, 3.05) is 29.9 Å². The van der Waals surface area contributed by atoms with Gasteiger partial charge in [-0.2, -0.15) is 0 Å². The van der Waals surface area contributed by atoms with Crippen molar-refractivity contribution in [1.29, 1.82) is 0 Å². The number of nitrogens with one attached hydrogen (secondary N) is 3. The van der Waals surface area contributed by atoms with Crippen molar-refractivity contribution in [2.45, 2.75) is 26.8 Å². The number of likely N-dealkylation sites (N-methyl/N-ethyl adjacent to an activating group) is 1. The van der Waals surface area contributed by atoms with E-state index in [4.69, 9.17) is 0 Å². The van der Waals surface area contributed by atoms with Gasteiger partial charge in [0, 0.05) is 18.3 Å². The van der Waals surface area contributed by atoms with Crippen LogP contribution in [-0.2, 0) is 9.59 Å². The summed E-state index contributed by atoms with van der Waals surface area (Å²) in [7, 11) is 0. The zero-order chi connectivity index (χ0) is 16.4. The minimum atomic E-state index is -0.0947. The standard InChI is InChI=1S/C16H25N3O2S.ClH/c1-4-17-13(3)9-18-15(20)10-22-11-16(21)19-14-7-5-12(2)6-8-14;/h5-8,13,17H,4,9-11H2,1-3H3,(H,18,20)(H,19,21);1H/t13-;/m1./s1. The number of anilines is 1. The van der Waals surface area contributed by atoms with E-state index in [-0.39, 0.29) is 36.0 Å². The van der Waals surface area contributed by atoms with Crippen molar-refractivity contribution in [3.63, 3.8) is 0 Å². The normalized spacial score (nSPS) is 11.3. The Kier molecular flexibility index (Phi) is 11.6. The Balaban J connectivity index is 0.00000484. The van der Waals surface area contributed by atoms with Crippen molar-refractivity contribution in [3.05, 3.63) is 29.8 Å². The second-order valence-electron chi connectivity index (χ2n) is 5.17. The number of benzene rings is 1. The van der Waals surface area contributed by atoms with Crippen LogP contribution < -0.4 is 16.0 Å². The van der Waals surface area contributed by atoms with Crippen molar-refractivity contribution in [3.8, 4) is 0 Å². The number of amides is 2. The molecule has 0 aliphatic rings. The van der Waals surface area contributed by atoms with E-state index < -0.39 is 0 Å². The zero-order valence-corrected chi connectivity index (χ0v) is 15.5. The van der Waals surface area contributed by atoms with E-state index in [0.29, 0.717) is 12.3 Å². The number of thioether (sulfide) groups is 1. The fourth-order valence-electron chi connectivity index (χ4n) is 1.81. The minimum Gasteiger partial charge on any atom is -0.354 e. The van der Waals surface area contributed by atoms with E-state index in [1.54, 1.807) is 0 Å². The van der Waals surface area contributed by atoms with Crippen LogP contribution in [0.2, 0.25) is 0 Å². The quantitative estimate of drug-likeness (QED) is 0.632. The number of halogens is 1. The molecular formula is C16H26ClN3O2S. The molecule has 5 nitrogen and oxygen atoms in total. The summed E-state index contributed by atoms with van der Waals surface area (Å²) >= 11 is 1.31. The maximum absolute atomic E-state index is 11.8. The lowest BCUT2D eigenvalue weighted by atomic mass is 10.2. The van der Waals surface area contributed by atoms with Gasteiger partial charge in [-0.15, -0.1) is 24.2 Å². The Bertz CT molecular complexity index is 483. The molecular weight excluding hydrogens is 334 g/mol. The Morgan fingerprint density at radius 1 is 1.13 bits per heavy atom. The molecule has 130 valence electrons. The number of rotatable bonds is 9. The third-order valence-electron chi connectivity index (χ3n) is 2.96. The molecule has 1 aromatic carbocycles. The molecule has 1 aromatic rings. The fourth-order valence-corrected chi connectivity index (χ4v) is 2.46. The van der Waals surface area contributed by atoms with Crippen LogP contribution in [0.5, 0.6) is 0 Å². The van der Waals surface area contributed by atoms with E-state index in [2.05, 4.69) is 16.0 Å². The van der Waals surface area contributed by atoms with Crippen LogP contribution in [0.15, 0.2) is 24.3 Å². The molecule has 1 rings (SSSR count). The largest absolute Gasteiger partial charge is 0.354 e. The van der Waals surface area contributed by atoms with Crippen LogP contribution in [0.25, 0.3) is 0 Å². The van der Waals surface area contributed by atoms with Crippen molar-refractivity contribution >= 4 is 41.7 Å². The first-order valence-corrected chi connectivity index (χ1v) is 8.61. The molecule has 23 heavy (non-hydrogen) atoms. The van der Waals surface area contributed by atoms with Crippen LogP contribution in [-0.4, -0.2) is 42.5 Å². The van der Waals surface area contributed by atoms with Crippen molar-refractivity contribution in [1.82, 2.24) is 10.6 Å². The number of hydrogen-bond donors (Lipinski definition) is 3. The molecule has 0 aromatic heterocycles. The Morgan fingerprint density at radius 2 is 1.74 bits per heavy atom. The second-order valence-corrected chi connectivity index (χ2v) is 6.16. The highest BCUT2D eigenvalue weighted by molar-refractivity contribution is 8.00. The Labute approximate surface area is 148 Å². The molecule has 0 spiro atoms. The Hall–Kier alpha value is -1.24. The van der Waals surface area contributed by atoms with E-state index in [1.165, 1.54) is 11.8 Å². The molecule has 0 saturated carbocycles. The summed E-state index contributed by atoms with van der Waals surface area (Å²) < 4.78 is 0. The Morgan fingerprint density at radius 3 is 2.35 bits per heavy atom. The molecule has 0 bridgehead atoms. The van der Waals surface area contributed by atoms with Gasteiger partial charge in [0.2, 0.25) is 11.8 Å². The molecule has 0 saturated heterocycles. The lowest BCUT2D eigenvalue weighted by Gasteiger charge is -2.13. The van der Waals surface area contributed by atoms with Gasteiger partial charge in [0.05, 0.1) is 11.5 Å². The van der Waals surface area contributed by atoms with Gasteiger partial charge in [-0.3, -0.25) is 9.59 Å². The van der Waals surface area contributed by atoms with Crippen LogP contribution in [0, 0.1) is 6.92 Å². The lowest BCUT2D eigenvalue weighted by molar-refractivity contribution is -0.118. The molecule has 2 amide bonds. The minimum absolute atomic E-state index is 0. The number of aryl methyl sites for hydroxylation is 1. The molecule has 0 unspecified atom stereocenters. The third-order valence-corrected chi connectivity index (χ3v) is 3.89. The summed E-state index contributed by atoms with van der Waals surface area (Å²) in [6.45, 7) is 7.53. The summed E-state index contributed by atoms with van der Waals surface area (Å²) in [6, 6.07) is 7.88. The highest BCUT2D eigenvalue weighted by Gasteiger charge is 2.07. The van der Waals surface area contributed by atoms with E-state index in [1.807, 2.05) is 45.0 Å². The molecule has 1 atom stereocenters. The van der Waals surface area contributed by atoms with Gasteiger partial charge in [0.25, 0.3) is 0 Å². The molecule has 0 heterocycles. The summed E-state index contributed by atoms with van der Waals surface area (Å²) in [5, 5.41) is 8.87. The third kappa shape index (κ3) is 10.2. The predicted octanol–water partition coefficient (Wildman–Crippen LogP) is 2.20. The van der Waals surface area contributed by atoms with Gasteiger partial charge in [0.15, 0.2) is 0 Å². The monoisotopic (exact) mass is 359 g/mol. The summed E-state index contributed by atoms with van der Waals surface area (Å²) in [5.74, 6) is 0.421. The molecule has 0 radical (unpaired) electrons. The summed E-state index contributed by atoms with van der Waals surface area (Å²) in [5.41, 5.74) is 1.93. The molecule has 0 fully saturated rings. The van der Waals surface area contributed by atoms with Gasteiger partial charge in [0.1, 0.15) is 0 Å². The van der Waals surface area contributed by atoms with Crippen LogP contribution in [0.3, 0.4) is 0 Å². The van der Waals surface area contributed by atoms with Crippen LogP contribution in [0.1, 0.15) is 19.4 Å². The topological polar surface area (TPSA) is 70.2 Å². The van der Waals surface area contributed by atoms with Gasteiger partial charge >= 0.3 is 0 Å². The lowest BCUT2D eigenvalue weighted by Crippen LogP contribution is -2.39. The average Bonchev–Trinajstić information content (AvgIpc) is 2.48. The first-order chi connectivity index (χ1) is 10.5. The number of carbonyl (C=O) groups excluding carboxylic acids is 2. The van der Waals surface area contributed by atoms with Crippen molar-refractivity contribution < 1.29 is 9.59 Å². The maximum atomic E-state index is 11.8. The highest BCUT2D eigenvalue weighted by Crippen LogP contribution is 2.09. The number of carbonyl (C=O) groups is 2. The smallest absolute Gasteiger partial charge is 0.234 e. The predicted molar refractivity (Wildman–Crippen MR) is 101 cm³/mol. The number of hydrogen-bond acceptors (Lipinski definition) is 4. The first kappa shape index (κ1) is 21.8. The van der Waals surface area contributed by atoms with Gasteiger partial charge < -0.3 is 16.0 Å². The second kappa shape index (κ2) is 12.2. The fraction of sp³-hybridized carbons (Fsp3) is 0.500.